The predicted octanol–water partition coefficient (Wildman–Crippen LogP) is 4.06. The second-order valence-corrected chi connectivity index (χ2v) is 8.40. The monoisotopic (exact) mass is 476 g/mol. The zero-order chi connectivity index (χ0) is 19.8. The van der Waals surface area contributed by atoms with Crippen molar-refractivity contribution in [3.63, 3.8) is 0 Å². The van der Waals surface area contributed by atoms with Crippen LogP contribution in [-0.4, -0.2) is 29.2 Å². The van der Waals surface area contributed by atoms with Gasteiger partial charge in [0, 0.05) is 9.13 Å². The molecular weight excluding hydrogens is 455 g/mol. The number of benzene rings is 2. The Morgan fingerprint density at radius 3 is 2.22 bits per heavy atom. The molecule has 0 aliphatic carbocycles. The molecule has 0 spiro atoms. The average Bonchev–Trinajstić information content (AvgIpc) is 2.86. The lowest BCUT2D eigenvalue weighted by Gasteiger charge is -2.22. The van der Waals surface area contributed by atoms with Gasteiger partial charge in [0.05, 0.1) is 6.54 Å². The number of carbonyl (C=O) groups is 3. The lowest BCUT2D eigenvalue weighted by atomic mass is 9.90. The van der Waals surface area contributed by atoms with Crippen LogP contribution < -0.4 is 5.32 Å². The van der Waals surface area contributed by atoms with E-state index in [-0.39, 0.29) is 12.3 Å². The van der Waals surface area contributed by atoms with E-state index < -0.39 is 17.5 Å². The molecule has 1 N–H and O–H groups in total. The van der Waals surface area contributed by atoms with Gasteiger partial charge in [0.15, 0.2) is 5.78 Å². The molecule has 140 valence electrons. The van der Waals surface area contributed by atoms with Crippen LogP contribution in [0.4, 0.5) is 4.79 Å². The van der Waals surface area contributed by atoms with Crippen LogP contribution in [-0.2, 0) is 10.3 Å². The van der Waals surface area contributed by atoms with Crippen molar-refractivity contribution in [2.24, 2.45) is 0 Å². The van der Waals surface area contributed by atoms with Crippen LogP contribution in [0.5, 0.6) is 0 Å². The van der Waals surface area contributed by atoms with Gasteiger partial charge in [-0.05, 0) is 58.7 Å². The molecule has 5 nitrogen and oxygen atoms in total. The Morgan fingerprint density at radius 2 is 1.67 bits per heavy atom. The van der Waals surface area contributed by atoms with Crippen molar-refractivity contribution < 1.29 is 14.4 Å². The lowest BCUT2D eigenvalue weighted by Crippen LogP contribution is -2.41. The van der Waals surface area contributed by atoms with Crippen molar-refractivity contribution in [2.75, 3.05) is 6.54 Å². The molecule has 1 saturated heterocycles. The Balaban J connectivity index is 1.81. The molecule has 1 heterocycles. The number of carbonyl (C=O) groups excluding carboxylic acids is 3. The molecule has 0 saturated carbocycles. The highest BCUT2D eigenvalue weighted by Crippen LogP contribution is 2.30. The van der Waals surface area contributed by atoms with Crippen LogP contribution in [0.3, 0.4) is 0 Å². The van der Waals surface area contributed by atoms with Gasteiger partial charge in [-0.25, -0.2) is 4.79 Å². The summed E-state index contributed by atoms with van der Waals surface area (Å²) in [6, 6.07) is 14.1. The Bertz CT molecular complexity index is 891. The van der Waals surface area contributed by atoms with E-state index >= 15 is 0 Å². The summed E-state index contributed by atoms with van der Waals surface area (Å²) in [4.78, 5) is 38.9. The first-order valence-corrected chi connectivity index (χ1v) is 9.83. The second-order valence-electron chi connectivity index (χ2n) is 7.15. The largest absolute Gasteiger partial charge is 0.325 e. The number of halogens is 1. The van der Waals surface area contributed by atoms with E-state index in [0.717, 1.165) is 14.0 Å². The maximum absolute atomic E-state index is 13.0. The minimum absolute atomic E-state index is 0.269. The molecule has 0 bridgehead atoms. The third-order valence-corrected chi connectivity index (χ3v) is 5.62. The second kappa shape index (κ2) is 7.42. The number of rotatable bonds is 5. The predicted molar refractivity (Wildman–Crippen MR) is 112 cm³/mol. The number of hydrogen-bond acceptors (Lipinski definition) is 3. The summed E-state index contributed by atoms with van der Waals surface area (Å²) in [5.74, 6) is -0.304. The van der Waals surface area contributed by atoms with Gasteiger partial charge in [-0.1, -0.05) is 50.2 Å². The molecule has 0 radical (unpaired) electrons. The number of nitrogens with zero attached hydrogens (tertiary/aromatic N) is 1. The highest BCUT2D eigenvalue weighted by atomic mass is 127. The average molecular weight is 476 g/mol. The molecule has 1 aliphatic heterocycles. The molecule has 0 aromatic heterocycles. The minimum atomic E-state index is -1.17. The first-order chi connectivity index (χ1) is 12.7. The number of Topliss-reactive ketones (excluding diaryl/α,β-unsaturated/α-hetero) is 1. The van der Waals surface area contributed by atoms with E-state index in [1.54, 1.807) is 19.1 Å². The lowest BCUT2D eigenvalue weighted by molar-refractivity contribution is -0.130. The van der Waals surface area contributed by atoms with Crippen LogP contribution in [0.1, 0.15) is 48.2 Å². The van der Waals surface area contributed by atoms with Gasteiger partial charge in [0.2, 0.25) is 0 Å². The third-order valence-electron chi connectivity index (χ3n) is 4.90. The highest BCUT2D eigenvalue weighted by molar-refractivity contribution is 14.1. The summed E-state index contributed by atoms with van der Waals surface area (Å²) in [6.45, 7) is 5.59. The number of urea groups is 1. The van der Waals surface area contributed by atoms with Crippen molar-refractivity contribution in [3.8, 4) is 0 Å². The number of amides is 3. The van der Waals surface area contributed by atoms with Gasteiger partial charge in [-0.3, -0.25) is 14.5 Å². The van der Waals surface area contributed by atoms with E-state index in [9.17, 15) is 14.4 Å². The van der Waals surface area contributed by atoms with Gasteiger partial charge >= 0.3 is 6.03 Å². The summed E-state index contributed by atoms with van der Waals surface area (Å²) in [6.07, 6.45) is 0. The van der Waals surface area contributed by atoms with E-state index in [4.69, 9.17) is 0 Å². The summed E-state index contributed by atoms with van der Waals surface area (Å²) in [5, 5.41) is 2.75. The Morgan fingerprint density at radius 1 is 1.07 bits per heavy atom. The molecule has 27 heavy (non-hydrogen) atoms. The van der Waals surface area contributed by atoms with E-state index in [2.05, 4.69) is 41.8 Å². The van der Waals surface area contributed by atoms with Gasteiger partial charge < -0.3 is 5.32 Å². The van der Waals surface area contributed by atoms with Crippen LogP contribution in [0, 0.1) is 3.57 Å². The van der Waals surface area contributed by atoms with Gasteiger partial charge in [-0.15, -0.1) is 0 Å². The minimum Gasteiger partial charge on any atom is -0.319 e. The zero-order valence-electron chi connectivity index (χ0n) is 15.5. The van der Waals surface area contributed by atoms with Crippen molar-refractivity contribution >= 4 is 40.3 Å². The summed E-state index contributed by atoms with van der Waals surface area (Å²) < 4.78 is 1.01. The van der Waals surface area contributed by atoms with Crippen LogP contribution >= 0.6 is 22.6 Å². The normalized spacial score (nSPS) is 19.5. The summed E-state index contributed by atoms with van der Waals surface area (Å²) in [7, 11) is 0. The number of ketones is 1. The van der Waals surface area contributed by atoms with Crippen LogP contribution in [0.25, 0.3) is 0 Å². The number of nitrogens with one attached hydrogen (secondary N) is 1. The topological polar surface area (TPSA) is 66.5 Å². The smallest absolute Gasteiger partial charge is 0.319 e. The molecular formula is C21H21IN2O3. The van der Waals surface area contributed by atoms with Crippen LogP contribution in [0.15, 0.2) is 48.5 Å². The first kappa shape index (κ1) is 19.5. The zero-order valence-corrected chi connectivity index (χ0v) is 17.6. The van der Waals surface area contributed by atoms with E-state index in [1.165, 1.54) is 0 Å². The fourth-order valence-electron chi connectivity index (χ4n) is 3.11. The molecule has 6 heteroatoms. The number of hydrogen-bond donors (Lipinski definition) is 1. The van der Waals surface area contributed by atoms with E-state index in [0.29, 0.717) is 17.0 Å². The quantitative estimate of drug-likeness (QED) is 0.402. The van der Waals surface area contributed by atoms with E-state index in [1.807, 2.05) is 36.4 Å². The standard InChI is InChI=1S/C21H21IN2O3/c1-13(2)14-4-8-16(9-5-14)21(3)19(26)24(20(27)23-21)12-18(25)15-6-10-17(22)11-7-15/h4-11,13H,12H2,1-3H3,(H,23,27). The molecule has 3 amide bonds. The molecule has 1 fully saturated rings. The molecule has 3 rings (SSSR count). The van der Waals surface area contributed by atoms with Crippen molar-refractivity contribution in [3.05, 3.63) is 68.8 Å². The SMILES string of the molecule is CC(C)c1ccc(C2(C)NC(=O)N(CC(=O)c3ccc(I)cc3)C2=O)cc1. The van der Waals surface area contributed by atoms with Gasteiger partial charge in [0.1, 0.15) is 5.54 Å². The third kappa shape index (κ3) is 3.76. The fourth-order valence-corrected chi connectivity index (χ4v) is 3.47. The molecule has 1 aliphatic rings. The van der Waals surface area contributed by atoms with Crippen molar-refractivity contribution in [1.82, 2.24) is 10.2 Å². The maximum atomic E-state index is 13.0. The molecule has 1 unspecified atom stereocenters. The van der Waals surface area contributed by atoms with Crippen molar-refractivity contribution in [2.45, 2.75) is 32.2 Å². The summed E-state index contributed by atoms with van der Waals surface area (Å²) >= 11 is 2.15. The van der Waals surface area contributed by atoms with Crippen LogP contribution in [0.2, 0.25) is 0 Å². The number of imide groups is 1. The highest BCUT2D eigenvalue weighted by Gasteiger charge is 2.49. The fraction of sp³-hybridized carbons (Fsp3) is 0.286. The molecule has 1 atom stereocenters. The Hall–Kier alpha value is -2.22. The van der Waals surface area contributed by atoms with Gasteiger partial charge in [-0.2, -0.15) is 0 Å². The summed E-state index contributed by atoms with van der Waals surface area (Å²) in [5.41, 5.74) is 1.17. The Kier molecular flexibility index (Phi) is 5.37. The van der Waals surface area contributed by atoms with Crippen molar-refractivity contribution in [1.29, 1.82) is 0 Å². The molecule has 2 aromatic carbocycles. The molecule has 2 aromatic rings. The van der Waals surface area contributed by atoms with Gasteiger partial charge in [0.25, 0.3) is 5.91 Å². The first-order valence-electron chi connectivity index (χ1n) is 8.75. The maximum Gasteiger partial charge on any atom is 0.325 e. The Labute approximate surface area is 172 Å².